The lowest BCUT2D eigenvalue weighted by atomic mass is 10.1. The van der Waals surface area contributed by atoms with Crippen molar-refractivity contribution in [2.45, 2.75) is 0 Å². The van der Waals surface area contributed by atoms with Gasteiger partial charge in [0.2, 0.25) is 0 Å². The predicted molar refractivity (Wildman–Crippen MR) is 113 cm³/mol. The van der Waals surface area contributed by atoms with Crippen molar-refractivity contribution < 1.29 is 4.42 Å². The molecule has 0 saturated carbocycles. The number of hydrogen-bond donors (Lipinski definition) is 0. The van der Waals surface area contributed by atoms with Gasteiger partial charge >= 0.3 is 0 Å². The highest BCUT2D eigenvalue weighted by Crippen LogP contribution is 2.42. The topological polar surface area (TPSA) is 16.4 Å². The van der Waals surface area contributed by atoms with Gasteiger partial charge in [-0.3, -0.25) is 0 Å². The van der Waals surface area contributed by atoms with Crippen molar-refractivity contribution in [1.29, 1.82) is 0 Å². The Balaban J connectivity index is 1.86. The first-order valence-electron chi connectivity index (χ1n) is 8.82. The molecule has 5 rings (SSSR count). The summed E-state index contributed by atoms with van der Waals surface area (Å²) in [5, 5.41) is 2.78. The molecule has 3 heteroatoms. The highest BCUT2D eigenvalue weighted by molar-refractivity contribution is 6.32. The molecule has 5 aromatic rings. The van der Waals surface area contributed by atoms with E-state index in [1.807, 2.05) is 42.5 Å². The number of halogens is 1. The fourth-order valence-corrected chi connectivity index (χ4v) is 3.72. The lowest BCUT2D eigenvalue weighted by Crippen LogP contribution is -2.09. The average molecular weight is 370 g/mol. The number of rotatable bonds is 3. The van der Waals surface area contributed by atoms with Crippen LogP contribution in [0.5, 0.6) is 0 Å². The van der Waals surface area contributed by atoms with Gasteiger partial charge in [-0.2, -0.15) is 0 Å². The third-order valence-electron chi connectivity index (χ3n) is 4.70. The summed E-state index contributed by atoms with van der Waals surface area (Å²) in [6.45, 7) is 0. The van der Waals surface area contributed by atoms with Gasteiger partial charge < -0.3 is 9.32 Å². The number of benzene rings is 4. The van der Waals surface area contributed by atoms with E-state index >= 15 is 0 Å². The first kappa shape index (κ1) is 16.0. The Morgan fingerprint density at radius 1 is 0.630 bits per heavy atom. The standard InChI is InChI=1S/C24H16ClNO/c25-17-14-15-22-20(16-17)24-21(12-7-13-23(24)27-22)26(18-8-3-1-4-9-18)19-10-5-2-6-11-19/h1-16H. The highest BCUT2D eigenvalue weighted by atomic mass is 35.5. The molecule has 0 spiro atoms. The van der Waals surface area contributed by atoms with Crippen molar-refractivity contribution in [2.75, 3.05) is 4.90 Å². The molecule has 0 aliphatic heterocycles. The van der Waals surface area contributed by atoms with Gasteiger partial charge in [-0.25, -0.2) is 0 Å². The first-order chi connectivity index (χ1) is 13.3. The molecule has 0 unspecified atom stereocenters. The van der Waals surface area contributed by atoms with Gasteiger partial charge in [-0.1, -0.05) is 54.1 Å². The molecule has 1 aromatic heterocycles. The second-order valence-corrected chi connectivity index (χ2v) is 6.84. The van der Waals surface area contributed by atoms with Crippen molar-refractivity contribution in [2.24, 2.45) is 0 Å². The number of hydrogen-bond acceptors (Lipinski definition) is 2. The summed E-state index contributed by atoms with van der Waals surface area (Å²) in [4.78, 5) is 2.25. The molecule has 4 aromatic carbocycles. The average Bonchev–Trinajstić information content (AvgIpc) is 3.08. The van der Waals surface area contributed by atoms with Crippen LogP contribution in [0.25, 0.3) is 21.9 Å². The molecule has 1 heterocycles. The SMILES string of the molecule is Clc1ccc2oc3cccc(N(c4ccccc4)c4ccccc4)c3c2c1. The minimum atomic E-state index is 0.700. The maximum absolute atomic E-state index is 6.29. The van der Waals surface area contributed by atoms with Gasteiger partial charge in [-0.15, -0.1) is 0 Å². The fourth-order valence-electron chi connectivity index (χ4n) is 3.55. The summed E-state index contributed by atoms with van der Waals surface area (Å²) < 4.78 is 6.08. The Bertz CT molecular complexity index is 1190. The van der Waals surface area contributed by atoms with Crippen LogP contribution in [0.4, 0.5) is 17.1 Å². The van der Waals surface area contributed by atoms with E-state index in [9.17, 15) is 0 Å². The van der Waals surface area contributed by atoms with E-state index in [0.29, 0.717) is 5.02 Å². The smallest absolute Gasteiger partial charge is 0.137 e. The quantitative estimate of drug-likeness (QED) is 0.324. The number of fused-ring (bicyclic) bond motifs is 3. The maximum atomic E-state index is 6.29. The molecule has 0 fully saturated rings. The molecule has 130 valence electrons. The Hall–Kier alpha value is -3.23. The van der Waals surface area contributed by atoms with Crippen molar-refractivity contribution in [3.05, 3.63) is 102 Å². The van der Waals surface area contributed by atoms with E-state index in [-0.39, 0.29) is 0 Å². The molecule has 27 heavy (non-hydrogen) atoms. The number of nitrogens with zero attached hydrogens (tertiary/aromatic N) is 1. The molecule has 0 bridgehead atoms. The molecular formula is C24H16ClNO. The van der Waals surface area contributed by atoms with Crippen LogP contribution >= 0.6 is 11.6 Å². The van der Waals surface area contributed by atoms with Gasteiger partial charge in [0.25, 0.3) is 0 Å². The van der Waals surface area contributed by atoms with Gasteiger partial charge in [0.05, 0.1) is 11.1 Å². The summed E-state index contributed by atoms with van der Waals surface area (Å²) in [5.74, 6) is 0. The van der Waals surface area contributed by atoms with Gasteiger partial charge in [0.1, 0.15) is 11.2 Å². The predicted octanol–water partition coefficient (Wildman–Crippen LogP) is 7.71. The zero-order valence-electron chi connectivity index (χ0n) is 14.5. The lowest BCUT2D eigenvalue weighted by Gasteiger charge is -2.26. The van der Waals surface area contributed by atoms with Crippen LogP contribution in [0.2, 0.25) is 5.02 Å². The third-order valence-corrected chi connectivity index (χ3v) is 4.94. The Morgan fingerprint density at radius 3 is 1.96 bits per heavy atom. The molecule has 0 N–H and O–H groups in total. The summed E-state index contributed by atoms with van der Waals surface area (Å²) in [7, 11) is 0. The van der Waals surface area contributed by atoms with Crippen LogP contribution in [-0.4, -0.2) is 0 Å². The van der Waals surface area contributed by atoms with Crippen molar-refractivity contribution in [3.8, 4) is 0 Å². The molecule has 0 atom stereocenters. The molecular weight excluding hydrogens is 354 g/mol. The largest absolute Gasteiger partial charge is 0.456 e. The minimum Gasteiger partial charge on any atom is -0.456 e. The molecule has 0 amide bonds. The van der Waals surface area contributed by atoms with Crippen molar-refractivity contribution in [1.82, 2.24) is 0 Å². The second kappa shape index (κ2) is 6.49. The van der Waals surface area contributed by atoms with Crippen LogP contribution in [0.3, 0.4) is 0 Å². The van der Waals surface area contributed by atoms with E-state index in [1.165, 1.54) is 0 Å². The molecule has 0 aliphatic carbocycles. The molecule has 0 radical (unpaired) electrons. The van der Waals surface area contributed by atoms with E-state index in [1.54, 1.807) is 0 Å². The normalized spacial score (nSPS) is 11.1. The van der Waals surface area contributed by atoms with Crippen molar-refractivity contribution >= 4 is 50.6 Å². The zero-order valence-corrected chi connectivity index (χ0v) is 15.2. The first-order valence-corrected chi connectivity index (χ1v) is 9.20. The zero-order chi connectivity index (χ0) is 18.2. The Morgan fingerprint density at radius 2 is 1.30 bits per heavy atom. The van der Waals surface area contributed by atoms with Crippen LogP contribution in [0, 0.1) is 0 Å². The van der Waals surface area contributed by atoms with Crippen LogP contribution in [0.15, 0.2) is 101 Å². The van der Waals surface area contributed by atoms with Gasteiger partial charge in [-0.05, 0) is 54.6 Å². The summed E-state index contributed by atoms with van der Waals surface area (Å²) in [6, 6.07) is 32.6. The third kappa shape index (κ3) is 2.75. The highest BCUT2D eigenvalue weighted by Gasteiger charge is 2.18. The molecule has 0 saturated heterocycles. The van der Waals surface area contributed by atoms with Gasteiger partial charge in [0.15, 0.2) is 0 Å². The summed E-state index contributed by atoms with van der Waals surface area (Å²) in [5.41, 5.74) is 4.93. The Labute approximate surface area is 162 Å². The summed E-state index contributed by atoms with van der Waals surface area (Å²) in [6.07, 6.45) is 0. The van der Waals surface area contributed by atoms with Crippen LogP contribution in [0.1, 0.15) is 0 Å². The second-order valence-electron chi connectivity index (χ2n) is 6.40. The minimum absolute atomic E-state index is 0.700. The lowest BCUT2D eigenvalue weighted by molar-refractivity contribution is 0.669. The van der Waals surface area contributed by atoms with E-state index in [0.717, 1.165) is 39.0 Å². The number of furan rings is 1. The van der Waals surface area contributed by atoms with Crippen molar-refractivity contribution in [3.63, 3.8) is 0 Å². The van der Waals surface area contributed by atoms with Crippen LogP contribution < -0.4 is 4.90 Å². The number of anilines is 3. The van der Waals surface area contributed by atoms with Crippen LogP contribution in [-0.2, 0) is 0 Å². The molecule has 0 aliphatic rings. The van der Waals surface area contributed by atoms with E-state index in [4.69, 9.17) is 16.0 Å². The van der Waals surface area contributed by atoms with E-state index in [2.05, 4.69) is 59.5 Å². The maximum Gasteiger partial charge on any atom is 0.137 e. The monoisotopic (exact) mass is 369 g/mol. The molecule has 2 nitrogen and oxygen atoms in total. The Kier molecular flexibility index (Phi) is 3.84. The number of para-hydroxylation sites is 2. The summed E-state index contributed by atoms with van der Waals surface area (Å²) >= 11 is 6.29. The van der Waals surface area contributed by atoms with Gasteiger partial charge in [0, 0.05) is 21.8 Å². The van der Waals surface area contributed by atoms with E-state index < -0.39 is 0 Å². The fraction of sp³-hybridized carbons (Fsp3) is 0.